The number of aromatic nitrogens is 1. The molecule has 0 aliphatic carbocycles. The Balaban J connectivity index is 1.78. The molecule has 0 aromatic carbocycles. The maximum Gasteiger partial charge on any atom is 0.511 e. The summed E-state index contributed by atoms with van der Waals surface area (Å²) in [5.74, 6) is -2.23. The first-order chi connectivity index (χ1) is 17.7. The molecule has 0 saturated carbocycles. The summed E-state index contributed by atoms with van der Waals surface area (Å²) in [6, 6.07) is -1.02. The molecule has 1 aromatic heterocycles. The van der Waals surface area contributed by atoms with E-state index >= 15 is 0 Å². The first-order valence-corrected chi connectivity index (χ1v) is 12.6. The molecule has 1 saturated heterocycles. The number of amides is 3. The summed E-state index contributed by atoms with van der Waals surface area (Å²) in [7, 11) is 1.26. The highest BCUT2D eigenvalue weighted by atomic mass is 32.2. The zero-order valence-electron chi connectivity index (χ0n) is 19.8. The monoisotopic (exact) mass is 557 g/mol. The fourth-order valence-corrected chi connectivity index (χ4v) is 5.16. The number of hydrogen-bond donors (Lipinski definition) is 2. The van der Waals surface area contributed by atoms with Gasteiger partial charge >= 0.3 is 18.2 Å². The van der Waals surface area contributed by atoms with Crippen LogP contribution in [0.3, 0.4) is 0 Å². The number of thiazole rings is 1. The average molecular weight is 558 g/mol. The number of β-lactam (4-membered cyclic amide) rings is 1. The van der Waals surface area contributed by atoms with Crippen LogP contribution in [0, 0.1) is 0 Å². The van der Waals surface area contributed by atoms with Crippen LogP contribution in [0.1, 0.15) is 19.5 Å². The van der Waals surface area contributed by atoms with Crippen LogP contribution in [0.4, 0.5) is 9.59 Å². The van der Waals surface area contributed by atoms with E-state index in [0.29, 0.717) is 0 Å². The van der Waals surface area contributed by atoms with Gasteiger partial charge in [-0.1, -0.05) is 5.16 Å². The van der Waals surface area contributed by atoms with Crippen LogP contribution >= 0.6 is 23.1 Å². The Morgan fingerprint density at radius 1 is 1.30 bits per heavy atom. The van der Waals surface area contributed by atoms with Gasteiger partial charge < -0.3 is 34.8 Å². The van der Waals surface area contributed by atoms with Gasteiger partial charge in [-0.05, 0) is 6.92 Å². The van der Waals surface area contributed by atoms with E-state index in [0.717, 1.165) is 4.90 Å². The van der Waals surface area contributed by atoms with Gasteiger partial charge in [0.15, 0.2) is 5.71 Å². The lowest BCUT2D eigenvalue weighted by Gasteiger charge is -2.49. The molecule has 0 bridgehead atoms. The number of oxime groups is 1. The van der Waals surface area contributed by atoms with Crippen molar-refractivity contribution in [2.75, 3.05) is 26.1 Å². The highest BCUT2D eigenvalue weighted by Crippen LogP contribution is 2.41. The van der Waals surface area contributed by atoms with Crippen molar-refractivity contribution in [3.05, 3.63) is 27.9 Å². The van der Waals surface area contributed by atoms with E-state index in [2.05, 4.69) is 20.2 Å². The summed E-state index contributed by atoms with van der Waals surface area (Å²) >= 11 is 2.45. The van der Waals surface area contributed by atoms with Crippen molar-refractivity contribution >= 4 is 58.8 Å². The zero-order chi connectivity index (χ0) is 27.1. The Morgan fingerprint density at radius 2 is 2.05 bits per heavy atom. The van der Waals surface area contributed by atoms with Gasteiger partial charge in [0, 0.05) is 23.6 Å². The van der Waals surface area contributed by atoms with Gasteiger partial charge in [0.1, 0.15) is 36.5 Å². The lowest BCUT2D eigenvalue weighted by Crippen LogP contribution is -2.71. The zero-order valence-corrected chi connectivity index (χ0v) is 21.5. The third-order valence-corrected chi connectivity index (χ3v) is 6.71. The quantitative estimate of drug-likeness (QED) is 0.0998. The van der Waals surface area contributed by atoms with Crippen molar-refractivity contribution in [2.24, 2.45) is 10.9 Å². The first-order valence-electron chi connectivity index (χ1n) is 10.6. The van der Waals surface area contributed by atoms with Gasteiger partial charge in [0.2, 0.25) is 6.29 Å². The average Bonchev–Trinajstić information content (AvgIpc) is 3.38. The van der Waals surface area contributed by atoms with E-state index in [1.54, 1.807) is 12.3 Å². The van der Waals surface area contributed by atoms with Crippen LogP contribution in [-0.2, 0) is 38.2 Å². The molecule has 2 aliphatic rings. The van der Waals surface area contributed by atoms with Gasteiger partial charge in [-0.2, -0.15) is 0 Å². The molecule has 200 valence electrons. The fourth-order valence-electron chi connectivity index (χ4n) is 3.29. The Labute approximate surface area is 218 Å². The Bertz CT molecular complexity index is 1120. The lowest BCUT2D eigenvalue weighted by molar-refractivity contribution is -0.169. The molecule has 1 fully saturated rings. The Hall–Kier alpha value is -3.86. The van der Waals surface area contributed by atoms with E-state index in [9.17, 15) is 24.0 Å². The van der Waals surface area contributed by atoms with Crippen LogP contribution in [0.5, 0.6) is 0 Å². The highest BCUT2D eigenvalue weighted by Gasteiger charge is 2.55. The van der Waals surface area contributed by atoms with Crippen LogP contribution < -0.4 is 11.1 Å². The van der Waals surface area contributed by atoms with Crippen molar-refractivity contribution in [3.8, 4) is 0 Å². The number of fused-ring (bicyclic) bond motifs is 1. The summed E-state index contributed by atoms with van der Waals surface area (Å²) in [6.45, 7) is 2.51. The number of carbonyl (C=O) groups excluding carboxylic acids is 5. The molecule has 2 aliphatic heterocycles. The highest BCUT2D eigenvalue weighted by molar-refractivity contribution is 8.00. The fraction of sp³-hybridized carbons (Fsp3) is 0.450. The molecule has 15 nitrogen and oxygen atoms in total. The van der Waals surface area contributed by atoms with Gasteiger partial charge in [-0.3, -0.25) is 14.5 Å². The molecule has 1 aromatic rings. The number of primary amides is 1. The number of nitrogens with two attached hydrogens (primary N) is 1. The Morgan fingerprint density at radius 3 is 2.68 bits per heavy atom. The summed E-state index contributed by atoms with van der Waals surface area (Å²) < 4.78 is 19.4. The first kappa shape index (κ1) is 27.7. The minimum absolute atomic E-state index is 0.0484. The normalized spacial score (nSPS) is 19.7. The SMILES string of the molecule is CCOC(=O)OC(C)OC(=O)C1=C(COC(N)=O)CS[C@H]2C(NC(=O)/C(=N\OC)c3cscn3)C(=O)N12. The van der Waals surface area contributed by atoms with Gasteiger partial charge in [-0.25, -0.2) is 19.4 Å². The number of rotatable bonds is 10. The summed E-state index contributed by atoms with van der Waals surface area (Å²) in [5, 5.41) is 7.16. The number of ether oxygens (including phenoxy) is 4. The van der Waals surface area contributed by atoms with Gasteiger partial charge in [0.25, 0.3) is 11.8 Å². The number of carbonyl (C=O) groups is 5. The van der Waals surface area contributed by atoms with Crippen LogP contribution in [0.15, 0.2) is 27.3 Å². The maximum absolute atomic E-state index is 13.1. The molecule has 3 N–H and O–H groups in total. The van der Waals surface area contributed by atoms with Crippen molar-refractivity contribution in [1.82, 2.24) is 15.2 Å². The van der Waals surface area contributed by atoms with E-state index < -0.39 is 47.7 Å². The third-order valence-electron chi connectivity index (χ3n) is 4.79. The van der Waals surface area contributed by atoms with Crippen LogP contribution in [-0.4, -0.2) is 89.4 Å². The topological polar surface area (TPSA) is 198 Å². The predicted octanol–water partition coefficient (Wildman–Crippen LogP) is 0.305. The summed E-state index contributed by atoms with van der Waals surface area (Å²) in [4.78, 5) is 71.4. The summed E-state index contributed by atoms with van der Waals surface area (Å²) in [6.07, 6.45) is -3.50. The molecular weight excluding hydrogens is 534 g/mol. The van der Waals surface area contributed by atoms with Crippen LogP contribution in [0.2, 0.25) is 0 Å². The molecule has 17 heteroatoms. The van der Waals surface area contributed by atoms with Crippen LogP contribution in [0.25, 0.3) is 0 Å². The van der Waals surface area contributed by atoms with E-state index in [1.165, 1.54) is 42.6 Å². The number of nitrogens with one attached hydrogen (secondary N) is 1. The van der Waals surface area contributed by atoms with Crippen molar-refractivity contribution in [2.45, 2.75) is 31.6 Å². The van der Waals surface area contributed by atoms with Gasteiger partial charge in [-0.15, -0.1) is 23.1 Å². The molecule has 3 rings (SSSR count). The largest absolute Gasteiger partial charge is 0.511 e. The van der Waals surface area contributed by atoms with Crippen molar-refractivity contribution in [3.63, 3.8) is 0 Å². The second-order valence-corrected chi connectivity index (χ2v) is 9.01. The minimum Gasteiger partial charge on any atom is -0.445 e. The second-order valence-electron chi connectivity index (χ2n) is 7.19. The molecular formula is C20H23N5O10S2. The van der Waals surface area contributed by atoms with E-state index in [-0.39, 0.29) is 41.6 Å². The van der Waals surface area contributed by atoms with Crippen molar-refractivity contribution in [1.29, 1.82) is 0 Å². The third kappa shape index (κ3) is 6.48. The maximum atomic E-state index is 13.1. The molecule has 0 spiro atoms. The number of nitrogens with zero attached hydrogens (tertiary/aromatic N) is 3. The van der Waals surface area contributed by atoms with Crippen molar-refractivity contribution < 1.29 is 47.8 Å². The molecule has 0 radical (unpaired) electrons. The minimum atomic E-state index is -1.36. The Kier molecular flexibility index (Phi) is 9.29. The lowest BCUT2D eigenvalue weighted by atomic mass is 10.0. The second kappa shape index (κ2) is 12.4. The van der Waals surface area contributed by atoms with E-state index in [4.69, 9.17) is 24.8 Å². The number of hydrogen-bond acceptors (Lipinski definition) is 14. The standard InChI is InChI=1S/C20H23N5O10S2/c1-4-32-20(30)35-9(2)34-18(28)14-10(5-33-19(21)29)6-37-17-13(16(27)25(14)17)23-15(26)12(24-31-3)11-7-36-8-22-11/h7-9,13,17H,4-6H2,1-3H3,(H2,21,29)(H,23,26)/b24-12-/t9?,13?,17-/m0/s1. The smallest absolute Gasteiger partial charge is 0.445 e. The predicted molar refractivity (Wildman–Crippen MR) is 127 cm³/mol. The summed E-state index contributed by atoms with van der Waals surface area (Å²) in [5.41, 5.74) is 6.68. The molecule has 3 atom stereocenters. The van der Waals surface area contributed by atoms with Gasteiger partial charge in [0.05, 0.1) is 12.1 Å². The molecule has 3 amide bonds. The number of thioether (sulfide) groups is 1. The molecule has 2 unspecified atom stereocenters. The number of esters is 1. The molecule has 3 heterocycles. The van der Waals surface area contributed by atoms with E-state index in [1.807, 2.05) is 0 Å². The molecule has 37 heavy (non-hydrogen) atoms.